The number of esters is 1. The fourth-order valence-electron chi connectivity index (χ4n) is 3.13. The first-order chi connectivity index (χ1) is 19.0. The van der Waals surface area contributed by atoms with Crippen molar-refractivity contribution in [2.45, 2.75) is 114 Å². The molecule has 0 bridgehead atoms. The number of rotatable bonds is 8. The summed E-state index contributed by atoms with van der Waals surface area (Å²) in [6.07, 6.45) is 2.48. The van der Waals surface area contributed by atoms with E-state index in [1.54, 1.807) is 42.7 Å². The molecule has 5 rings (SSSR count). The van der Waals surface area contributed by atoms with Gasteiger partial charge in [-0.15, -0.1) is 22.7 Å². The summed E-state index contributed by atoms with van der Waals surface area (Å²) in [5, 5.41) is 3.78. The van der Waals surface area contributed by atoms with Gasteiger partial charge in [-0.1, -0.05) is 75.2 Å². The highest BCUT2D eigenvalue weighted by Gasteiger charge is 2.26. The molecule has 0 unspecified atom stereocenters. The molecule has 0 amide bonds. The van der Waals surface area contributed by atoms with Crippen LogP contribution in [0.2, 0.25) is 0 Å². The third kappa shape index (κ3) is 15.3. The number of fused-ring (bicyclic) bond motifs is 1. The van der Waals surface area contributed by atoms with E-state index in [1.807, 2.05) is 69.5 Å². The van der Waals surface area contributed by atoms with Gasteiger partial charge in [0.15, 0.2) is 0 Å². The molecule has 1 saturated carbocycles. The van der Waals surface area contributed by atoms with Crippen LogP contribution in [-0.2, 0) is 19.6 Å². The summed E-state index contributed by atoms with van der Waals surface area (Å²) in [6, 6.07) is 15.2. The third-order valence-corrected chi connectivity index (χ3v) is 9.00. The van der Waals surface area contributed by atoms with E-state index in [-0.39, 0.29) is 67.3 Å². The number of para-hydroxylation sites is 2. The van der Waals surface area contributed by atoms with E-state index in [1.165, 1.54) is 11.3 Å². The quantitative estimate of drug-likeness (QED) is 0.184. The van der Waals surface area contributed by atoms with Crippen LogP contribution in [0.4, 0.5) is 0 Å². The molecule has 8 nitrogen and oxygen atoms in total. The summed E-state index contributed by atoms with van der Waals surface area (Å²) in [6.45, 7) is 11.3. The van der Waals surface area contributed by atoms with Crippen molar-refractivity contribution < 1.29 is 22.7 Å². The van der Waals surface area contributed by atoms with Crippen molar-refractivity contribution in [1.29, 1.82) is 0 Å². The standard InChI is InChI=1S/C15H14N2OS.C7H11NO2S2.C7H12O2.5CH4/c1-10(2)18-15-14(13-8-5-9-19-13)16-11-6-3-4-7-12(11)17-15;1-6(2)8-12(9,10)7-4-3-5-11-7;1-5(2)7(8)9-6-3-4-6;;;;;/h3-10H,1-2H3;3-6,8H,1-2H3;5-6H,3-4H2,1-2H3;5*1H4. The van der Waals surface area contributed by atoms with Gasteiger partial charge in [-0.25, -0.2) is 23.1 Å². The predicted octanol–water partition coefficient (Wildman–Crippen LogP) is 10.1. The van der Waals surface area contributed by atoms with Crippen LogP contribution in [0.5, 0.6) is 5.88 Å². The van der Waals surface area contributed by atoms with Gasteiger partial charge in [-0.3, -0.25) is 4.79 Å². The summed E-state index contributed by atoms with van der Waals surface area (Å²) in [4.78, 5) is 21.1. The first kappa shape index (κ1) is 46.6. The Kier molecular flexibility index (Phi) is 22.6. The Bertz CT molecular complexity index is 1450. The monoisotopic (exact) mass is 683 g/mol. The molecule has 1 aromatic carbocycles. The minimum atomic E-state index is -3.25. The minimum Gasteiger partial charge on any atom is -0.473 e. The smallest absolute Gasteiger partial charge is 0.308 e. The number of benzene rings is 1. The molecule has 4 aromatic rings. The van der Waals surface area contributed by atoms with Crippen LogP contribution in [0.3, 0.4) is 0 Å². The zero-order valence-electron chi connectivity index (χ0n) is 23.7. The minimum absolute atomic E-state index is 0. The number of thiophene rings is 2. The van der Waals surface area contributed by atoms with Crippen LogP contribution in [0, 0.1) is 5.92 Å². The van der Waals surface area contributed by atoms with Crippen molar-refractivity contribution >= 4 is 49.7 Å². The fourth-order valence-corrected chi connectivity index (χ4v) is 6.10. The van der Waals surface area contributed by atoms with Gasteiger partial charge in [0.05, 0.1) is 27.9 Å². The molecule has 1 fully saturated rings. The van der Waals surface area contributed by atoms with E-state index in [9.17, 15) is 13.2 Å². The molecule has 45 heavy (non-hydrogen) atoms. The molecule has 1 N–H and O–H groups in total. The first-order valence-electron chi connectivity index (χ1n) is 13.2. The lowest BCUT2D eigenvalue weighted by Crippen LogP contribution is -2.29. The van der Waals surface area contributed by atoms with E-state index in [0.717, 1.165) is 34.4 Å². The molecule has 0 saturated heterocycles. The van der Waals surface area contributed by atoms with Crippen molar-refractivity contribution in [3.8, 4) is 16.5 Å². The summed E-state index contributed by atoms with van der Waals surface area (Å²) >= 11 is 2.86. The fraction of sp³-hybridized carbons (Fsp3) is 0.500. The van der Waals surface area contributed by atoms with E-state index < -0.39 is 10.0 Å². The number of carbonyl (C=O) groups excluding carboxylic acids is 1. The summed E-state index contributed by atoms with van der Waals surface area (Å²) in [5.74, 6) is 0.583. The van der Waals surface area contributed by atoms with Crippen molar-refractivity contribution in [3.63, 3.8) is 0 Å². The van der Waals surface area contributed by atoms with Gasteiger partial charge in [-0.2, -0.15) is 0 Å². The maximum Gasteiger partial charge on any atom is 0.308 e. The Morgan fingerprint density at radius 2 is 1.38 bits per heavy atom. The molecule has 256 valence electrons. The molecule has 1 aliphatic rings. The molecule has 0 radical (unpaired) electrons. The van der Waals surface area contributed by atoms with E-state index >= 15 is 0 Å². The van der Waals surface area contributed by atoms with Crippen LogP contribution >= 0.6 is 22.7 Å². The van der Waals surface area contributed by atoms with Crippen molar-refractivity contribution in [2.24, 2.45) is 5.92 Å². The van der Waals surface area contributed by atoms with Crippen LogP contribution in [0.15, 0.2) is 63.5 Å². The normalized spacial score (nSPS) is 11.6. The van der Waals surface area contributed by atoms with Crippen molar-refractivity contribution in [2.75, 3.05) is 0 Å². The molecular weight excluding hydrogens is 627 g/mol. The maximum absolute atomic E-state index is 11.4. The summed E-state index contributed by atoms with van der Waals surface area (Å²) < 4.78 is 36.5. The van der Waals surface area contributed by atoms with Gasteiger partial charge in [0.1, 0.15) is 16.0 Å². The predicted molar refractivity (Wildman–Crippen MR) is 196 cm³/mol. The van der Waals surface area contributed by atoms with Gasteiger partial charge >= 0.3 is 5.97 Å². The lowest BCUT2D eigenvalue weighted by atomic mass is 10.2. The Morgan fingerprint density at radius 3 is 1.82 bits per heavy atom. The lowest BCUT2D eigenvalue weighted by molar-refractivity contribution is -0.148. The average molecular weight is 684 g/mol. The highest BCUT2D eigenvalue weighted by atomic mass is 32.2. The van der Waals surface area contributed by atoms with E-state index in [2.05, 4.69) is 9.71 Å². The van der Waals surface area contributed by atoms with Crippen LogP contribution < -0.4 is 9.46 Å². The molecule has 0 atom stereocenters. The number of hydrogen-bond donors (Lipinski definition) is 1. The second kappa shape index (κ2) is 21.8. The number of aromatic nitrogens is 2. The van der Waals surface area contributed by atoms with Crippen molar-refractivity contribution in [3.05, 3.63) is 59.3 Å². The second-order valence-corrected chi connectivity index (χ2v) is 13.8. The highest BCUT2D eigenvalue weighted by molar-refractivity contribution is 7.91. The van der Waals surface area contributed by atoms with Gasteiger partial charge in [0, 0.05) is 6.04 Å². The van der Waals surface area contributed by atoms with Gasteiger partial charge in [0.25, 0.3) is 0 Å². The summed E-state index contributed by atoms with van der Waals surface area (Å²) in [5.41, 5.74) is 2.57. The maximum atomic E-state index is 11.4. The molecule has 3 heterocycles. The molecular formula is C34H57N3O5S3. The van der Waals surface area contributed by atoms with E-state index in [4.69, 9.17) is 14.5 Å². The number of sulfonamides is 1. The molecule has 3 aromatic heterocycles. The Hall–Kier alpha value is -2.86. The third-order valence-electron chi connectivity index (χ3n) is 5.07. The zero-order chi connectivity index (χ0) is 29.3. The second-order valence-electron chi connectivity index (χ2n) is 10.0. The van der Waals surface area contributed by atoms with Crippen LogP contribution in [0.25, 0.3) is 21.6 Å². The van der Waals surface area contributed by atoms with Gasteiger partial charge in [0.2, 0.25) is 15.9 Å². The van der Waals surface area contributed by atoms with Gasteiger partial charge in [-0.05, 0) is 75.6 Å². The number of hydrogen-bond acceptors (Lipinski definition) is 9. The topological polar surface area (TPSA) is 107 Å². The molecule has 11 heteroatoms. The van der Waals surface area contributed by atoms with Crippen LogP contribution in [0.1, 0.15) is 91.5 Å². The Balaban J connectivity index is -0.000000597. The summed E-state index contributed by atoms with van der Waals surface area (Å²) in [7, 11) is -3.25. The van der Waals surface area contributed by atoms with E-state index in [0.29, 0.717) is 10.1 Å². The largest absolute Gasteiger partial charge is 0.473 e. The zero-order valence-corrected chi connectivity index (χ0v) is 26.1. The number of ether oxygens (including phenoxy) is 2. The van der Waals surface area contributed by atoms with Crippen molar-refractivity contribution in [1.82, 2.24) is 14.7 Å². The number of nitrogens with zero attached hydrogens (tertiary/aromatic N) is 2. The SMILES string of the molecule is C.C.C.C.C.CC(C)C(=O)OC1CC1.CC(C)NS(=O)(=O)c1cccs1.CC(C)Oc1nc2ccccc2nc1-c1cccs1. The van der Waals surface area contributed by atoms with Gasteiger partial charge < -0.3 is 9.47 Å². The lowest BCUT2D eigenvalue weighted by Gasteiger charge is -2.12. The first-order valence-corrected chi connectivity index (χ1v) is 16.4. The number of carbonyl (C=O) groups is 1. The molecule has 0 spiro atoms. The van der Waals surface area contributed by atoms with Crippen LogP contribution in [-0.4, -0.2) is 42.6 Å². The number of nitrogens with one attached hydrogen (secondary N) is 1. The molecule has 1 aliphatic carbocycles. The Morgan fingerprint density at radius 1 is 0.822 bits per heavy atom. The molecule has 0 aliphatic heterocycles. The average Bonchev–Trinajstić information content (AvgIpc) is 3.32. The highest BCUT2D eigenvalue weighted by Crippen LogP contribution is 2.32. The Labute approximate surface area is 281 Å².